The van der Waals surface area contributed by atoms with Gasteiger partial charge < -0.3 is 28.7 Å². The van der Waals surface area contributed by atoms with Crippen molar-refractivity contribution < 1.29 is 28.7 Å². The van der Waals surface area contributed by atoms with Crippen LogP contribution >= 0.6 is 15.2 Å². The fourth-order valence-corrected chi connectivity index (χ4v) is 0. The third-order valence-electron chi connectivity index (χ3n) is 0.454. The van der Waals surface area contributed by atoms with E-state index in [4.69, 9.17) is 4.89 Å². The Morgan fingerprint density at radius 1 is 1.08 bits per heavy atom. The van der Waals surface area contributed by atoms with Gasteiger partial charge in [-0.25, -0.2) is 0 Å². The number of hydrogen-bond donors (Lipinski definition) is 1. The van der Waals surface area contributed by atoms with E-state index in [0.717, 1.165) is 0 Å². The molecule has 1 atom stereocenters. The van der Waals surface area contributed by atoms with E-state index >= 15 is 0 Å². The second kappa shape index (κ2) is 7.21. The van der Waals surface area contributed by atoms with E-state index in [-0.39, 0.29) is 7.43 Å². The third kappa shape index (κ3) is 33.7. The van der Waals surface area contributed by atoms with E-state index in [0.29, 0.717) is 11.6 Å². The van der Waals surface area contributed by atoms with Gasteiger partial charge in [0.25, 0.3) is 0 Å². The Kier molecular flexibility index (Phi) is 10.3. The van der Waals surface area contributed by atoms with Crippen LogP contribution < -0.4 is 14.7 Å². The Morgan fingerprint density at radius 3 is 1.23 bits per heavy atom. The quantitative estimate of drug-likeness (QED) is 0.627. The topological polar surface area (TPSA) is 124 Å². The van der Waals surface area contributed by atoms with Crippen LogP contribution in [-0.4, -0.2) is 4.89 Å². The average Bonchev–Trinajstić information content (AvgIpc) is 1.86. The summed E-state index contributed by atoms with van der Waals surface area (Å²) in [5.74, 6) is 0.875. The molecule has 0 heterocycles. The summed E-state index contributed by atoms with van der Waals surface area (Å²) in [6.45, 7) is 5.55. The largest absolute Gasteiger partial charge is 0.808 e. The molecule has 0 bridgehead atoms. The molecule has 0 radical (unpaired) electrons. The van der Waals surface area contributed by atoms with Crippen LogP contribution in [0.2, 0.25) is 0 Å². The molecule has 0 amide bonds. The minimum atomic E-state index is -4.38. The van der Waals surface area contributed by atoms with E-state index in [2.05, 4.69) is 13.2 Å². The molecular formula is C5H11O6P2-3. The lowest BCUT2D eigenvalue weighted by molar-refractivity contribution is -0.308. The van der Waals surface area contributed by atoms with Crippen LogP contribution in [0.4, 0.5) is 0 Å². The van der Waals surface area contributed by atoms with Crippen molar-refractivity contribution in [1.29, 1.82) is 0 Å². The number of rotatable bonds is 2. The van der Waals surface area contributed by atoms with Gasteiger partial charge in [-0.2, -0.15) is 0 Å². The molecule has 0 aromatic carbocycles. The Labute approximate surface area is 76.9 Å². The van der Waals surface area contributed by atoms with Crippen molar-refractivity contribution in [2.45, 2.75) is 7.43 Å². The molecule has 0 spiro atoms. The van der Waals surface area contributed by atoms with E-state index in [1.54, 1.807) is 0 Å². The van der Waals surface area contributed by atoms with Gasteiger partial charge in [0.1, 0.15) is 0 Å². The Morgan fingerprint density at radius 2 is 1.23 bits per heavy atom. The first-order valence-electron chi connectivity index (χ1n) is 2.45. The molecule has 0 rings (SSSR count). The molecule has 0 saturated carbocycles. The number of hydrogen-bond acceptors (Lipinski definition) is 5. The molecule has 0 saturated heterocycles. The highest BCUT2D eigenvalue weighted by molar-refractivity contribution is 7.53. The first-order valence-corrected chi connectivity index (χ1v) is 5.70. The fourth-order valence-electron chi connectivity index (χ4n) is 0. The van der Waals surface area contributed by atoms with E-state index in [9.17, 15) is 23.8 Å². The molecule has 8 heteroatoms. The molecule has 13 heavy (non-hydrogen) atoms. The second-order valence-corrected chi connectivity index (χ2v) is 4.41. The molecule has 0 aromatic heterocycles. The van der Waals surface area contributed by atoms with Crippen LogP contribution in [0.15, 0.2) is 24.8 Å². The SMILES string of the molecule is C.C=CP(=O)([O-])O.C=CP(=O)([O-])[O-]. The van der Waals surface area contributed by atoms with Gasteiger partial charge in [0.2, 0.25) is 0 Å². The third-order valence-corrected chi connectivity index (χ3v) is 1.36. The molecular weight excluding hydrogens is 218 g/mol. The van der Waals surface area contributed by atoms with Crippen LogP contribution in [0.1, 0.15) is 7.43 Å². The van der Waals surface area contributed by atoms with Gasteiger partial charge in [-0.1, -0.05) is 26.4 Å². The van der Waals surface area contributed by atoms with Crippen molar-refractivity contribution >= 4 is 15.2 Å². The zero-order valence-electron chi connectivity index (χ0n) is 5.95. The highest BCUT2D eigenvalue weighted by Crippen LogP contribution is 2.28. The van der Waals surface area contributed by atoms with Crippen molar-refractivity contribution in [2.24, 2.45) is 0 Å². The minimum Gasteiger partial charge on any atom is -0.808 e. The van der Waals surface area contributed by atoms with Gasteiger partial charge in [-0.15, -0.1) is 0 Å². The predicted octanol–water partition coefficient (Wildman–Crippen LogP) is -0.645. The standard InChI is InChI=1S/2C2H5O3P.CH4/c2*1-2-6(3,4)5;/h2*2H,1H2,(H2,3,4,5);1H4/p-3. The molecule has 0 fully saturated rings. The maximum atomic E-state index is 9.47. The van der Waals surface area contributed by atoms with E-state index < -0.39 is 15.2 Å². The molecule has 80 valence electrons. The van der Waals surface area contributed by atoms with Gasteiger partial charge in [-0.05, 0) is 13.4 Å². The zero-order chi connectivity index (χ0) is 10.4. The summed E-state index contributed by atoms with van der Waals surface area (Å²) in [4.78, 5) is 35.9. The van der Waals surface area contributed by atoms with E-state index in [1.165, 1.54) is 0 Å². The normalized spacial score (nSPS) is 13.8. The van der Waals surface area contributed by atoms with Gasteiger partial charge in [0.15, 0.2) is 7.60 Å². The van der Waals surface area contributed by atoms with Gasteiger partial charge >= 0.3 is 0 Å². The Hall–Kier alpha value is -0.220. The summed E-state index contributed by atoms with van der Waals surface area (Å²) >= 11 is 0. The first kappa shape index (κ1) is 18.5. The van der Waals surface area contributed by atoms with Crippen LogP contribution in [-0.2, 0) is 9.13 Å². The van der Waals surface area contributed by atoms with Gasteiger partial charge in [0.05, 0.1) is 0 Å². The molecule has 1 N–H and O–H groups in total. The van der Waals surface area contributed by atoms with Crippen LogP contribution in [0.3, 0.4) is 0 Å². The molecule has 0 aliphatic carbocycles. The maximum Gasteiger partial charge on any atom is 0.154 e. The lowest BCUT2D eigenvalue weighted by Crippen LogP contribution is -2.09. The average molecular weight is 229 g/mol. The smallest absolute Gasteiger partial charge is 0.154 e. The minimum absolute atomic E-state index is 0. The highest BCUT2D eigenvalue weighted by Gasteiger charge is 1.85. The van der Waals surface area contributed by atoms with Crippen LogP contribution in [0.25, 0.3) is 0 Å². The van der Waals surface area contributed by atoms with E-state index in [1.807, 2.05) is 0 Å². The van der Waals surface area contributed by atoms with Crippen molar-refractivity contribution in [3.05, 3.63) is 24.8 Å². The van der Waals surface area contributed by atoms with Gasteiger partial charge in [-0.3, -0.25) is 0 Å². The van der Waals surface area contributed by atoms with Crippen molar-refractivity contribution in [1.82, 2.24) is 0 Å². The van der Waals surface area contributed by atoms with Crippen LogP contribution in [0, 0.1) is 0 Å². The molecule has 6 nitrogen and oxygen atoms in total. The van der Waals surface area contributed by atoms with Crippen molar-refractivity contribution in [3.63, 3.8) is 0 Å². The lowest BCUT2D eigenvalue weighted by atomic mass is 11.3. The summed E-state index contributed by atoms with van der Waals surface area (Å²) in [5.41, 5.74) is 0. The Bertz CT molecular complexity index is 209. The summed E-state index contributed by atoms with van der Waals surface area (Å²) in [6, 6.07) is 0. The van der Waals surface area contributed by atoms with Crippen LogP contribution in [0.5, 0.6) is 0 Å². The lowest BCUT2D eigenvalue weighted by Gasteiger charge is -2.23. The predicted molar refractivity (Wildman–Crippen MR) is 44.6 cm³/mol. The second-order valence-electron chi connectivity index (χ2n) is 1.47. The van der Waals surface area contributed by atoms with Crippen molar-refractivity contribution in [3.8, 4) is 0 Å². The molecule has 1 unspecified atom stereocenters. The summed E-state index contributed by atoms with van der Waals surface area (Å²) in [7, 11) is -8.52. The summed E-state index contributed by atoms with van der Waals surface area (Å²) < 4.78 is 18.8. The van der Waals surface area contributed by atoms with Gasteiger partial charge in [0, 0.05) is 0 Å². The monoisotopic (exact) mass is 229 g/mol. The molecule has 0 aliphatic rings. The maximum absolute atomic E-state index is 9.47. The summed E-state index contributed by atoms with van der Waals surface area (Å²) in [6.07, 6.45) is 0. The molecule has 0 aliphatic heterocycles. The first-order chi connectivity index (χ1) is 5.12. The van der Waals surface area contributed by atoms with Crippen molar-refractivity contribution in [2.75, 3.05) is 0 Å². The Balaban J connectivity index is -0.000000143. The zero-order valence-corrected chi connectivity index (χ0v) is 7.74. The highest BCUT2D eigenvalue weighted by atomic mass is 31.2. The molecule has 0 aromatic rings. The fraction of sp³-hybridized carbons (Fsp3) is 0.200. The summed E-state index contributed by atoms with van der Waals surface area (Å²) in [5, 5.41) is 0.